The van der Waals surface area contributed by atoms with Crippen molar-refractivity contribution >= 4 is 23.4 Å². The van der Waals surface area contributed by atoms with Gasteiger partial charge in [0.25, 0.3) is 0 Å². The third-order valence-electron chi connectivity index (χ3n) is 4.29. The van der Waals surface area contributed by atoms with Crippen molar-refractivity contribution in [2.45, 2.75) is 37.5 Å². The van der Waals surface area contributed by atoms with Gasteiger partial charge in [0.2, 0.25) is 5.95 Å². The largest absolute Gasteiger partial charge is 0.382 e. The molecule has 21 heavy (non-hydrogen) atoms. The zero-order valence-electron chi connectivity index (χ0n) is 11.7. The third-order valence-corrected chi connectivity index (χ3v) is 4.54. The molecule has 0 atom stereocenters. The zero-order valence-corrected chi connectivity index (χ0v) is 12.5. The first-order chi connectivity index (χ1) is 10.1. The van der Waals surface area contributed by atoms with Crippen molar-refractivity contribution in [3.8, 4) is 0 Å². The van der Waals surface area contributed by atoms with E-state index in [4.69, 9.17) is 23.1 Å². The first-order valence-corrected chi connectivity index (χ1v) is 7.52. The molecule has 0 bridgehead atoms. The van der Waals surface area contributed by atoms with Crippen molar-refractivity contribution in [2.24, 2.45) is 0 Å². The van der Waals surface area contributed by atoms with Crippen molar-refractivity contribution in [1.82, 2.24) is 15.2 Å². The van der Waals surface area contributed by atoms with Gasteiger partial charge in [-0.3, -0.25) is 0 Å². The van der Waals surface area contributed by atoms with Crippen molar-refractivity contribution < 1.29 is 0 Å². The summed E-state index contributed by atoms with van der Waals surface area (Å²) in [5.41, 5.74) is 13.3. The van der Waals surface area contributed by atoms with E-state index in [0.717, 1.165) is 36.4 Å². The van der Waals surface area contributed by atoms with Gasteiger partial charge in [-0.05, 0) is 30.5 Å². The SMILES string of the molecule is Nc1nnc(C2(c3ccc(Cl)cc3)CCCCC2)c(N)n1. The standard InChI is InChI=1S/C15H18ClN5/c16-11-6-4-10(5-7-11)15(8-2-1-3-9-15)12-13(17)19-14(18)21-20-12/h4-7H,1-3,8-9H2,(H4,17,18,19,21). The van der Waals surface area contributed by atoms with Crippen LogP contribution in [0.2, 0.25) is 5.02 Å². The molecule has 1 aromatic heterocycles. The quantitative estimate of drug-likeness (QED) is 0.890. The van der Waals surface area contributed by atoms with Gasteiger partial charge in [-0.2, -0.15) is 4.98 Å². The first-order valence-electron chi connectivity index (χ1n) is 7.14. The van der Waals surface area contributed by atoms with Gasteiger partial charge in [0.05, 0.1) is 0 Å². The van der Waals surface area contributed by atoms with E-state index in [9.17, 15) is 0 Å². The van der Waals surface area contributed by atoms with E-state index in [1.165, 1.54) is 12.0 Å². The average molecular weight is 304 g/mol. The number of rotatable bonds is 2. The fourth-order valence-corrected chi connectivity index (χ4v) is 3.40. The Morgan fingerprint density at radius 3 is 2.24 bits per heavy atom. The van der Waals surface area contributed by atoms with Crippen LogP contribution in [0.5, 0.6) is 0 Å². The van der Waals surface area contributed by atoms with E-state index in [1.54, 1.807) is 0 Å². The minimum Gasteiger partial charge on any atom is -0.382 e. The number of nitrogen functional groups attached to an aromatic ring is 2. The van der Waals surface area contributed by atoms with E-state index in [2.05, 4.69) is 15.2 Å². The van der Waals surface area contributed by atoms with Gasteiger partial charge in [-0.15, -0.1) is 10.2 Å². The van der Waals surface area contributed by atoms with Crippen molar-refractivity contribution in [3.05, 3.63) is 40.5 Å². The lowest BCUT2D eigenvalue weighted by Gasteiger charge is -2.37. The number of nitrogens with zero attached hydrogens (tertiary/aromatic N) is 3. The maximum Gasteiger partial charge on any atom is 0.242 e. The van der Waals surface area contributed by atoms with Crippen LogP contribution in [0.25, 0.3) is 0 Å². The van der Waals surface area contributed by atoms with Crippen LogP contribution in [0, 0.1) is 0 Å². The normalized spacial score (nSPS) is 17.6. The zero-order chi connectivity index (χ0) is 14.9. The predicted octanol–water partition coefficient (Wildman–Crippen LogP) is 2.94. The van der Waals surface area contributed by atoms with Crippen LogP contribution >= 0.6 is 11.6 Å². The Kier molecular flexibility index (Phi) is 3.68. The Morgan fingerprint density at radius 1 is 0.952 bits per heavy atom. The summed E-state index contributed by atoms with van der Waals surface area (Å²) in [4.78, 5) is 4.09. The number of hydrogen-bond acceptors (Lipinski definition) is 5. The van der Waals surface area contributed by atoms with Gasteiger partial charge in [0, 0.05) is 10.4 Å². The molecule has 4 N–H and O–H groups in total. The molecule has 3 rings (SSSR count). The number of halogens is 1. The molecule has 0 amide bonds. The predicted molar refractivity (Wildman–Crippen MR) is 84.0 cm³/mol. The van der Waals surface area contributed by atoms with Gasteiger partial charge in [0.15, 0.2) is 5.82 Å². The molecule has 0 spiro atoms. The molecule has 1 fully saturated rings. The Bertz CT molecular complexity index is 635. The molecule has 1 heterocycles. The molecule has 0 aliphatic heterocycles. The average Bonchev–Trinajstić information content (AvgIpc) is 2.48. The fraction of sp³-hybridized carbons (Fsp3) is 0.400. The van der Waals surface area contributed by atoms with Crippen molar-refractivity contribution in [2.75, 3.05) is 11.5 Å². The Morgan fingerprint density at radius 2 is 1.62 bits per heavy atom. The summed E-state index contributed by atoms with van der Waals surface area (Å²) in [6.45, 7) is 0. The van der Waals surface area contributed by atoms with E-state index in [1.807, 2.05) is 24.3 Å². The summed E-state index contributed by atoms with van der Waals surface area (Å²) in [6.07, 6.45) is 5.46. The highest BCUT2D eigenvalue weighted by Gasteiger charge is 2.39. The van der Waals surface area contributed by atoms with E-state index >= 15 is 0 Å². The molecule has 5 nitrogen and oxygen atoms in total. The van der Waals surface area contributed by atoms with E-state index < -0.39 is 0 Å². The Labute approximate surface area is 128 Å². The minimum atomic E-state index is -0.235. The van der Waals surface area contributed by atoms with Crippen LogP contribution in [0.4, 0.5) is 11.8 Å². The molecule has 6 heteroatoms. The van der Waals surface area contributed by atoms with Crippen molar-refractivity contribution in [3.63, 3.8) is 0 Å². The maximum atomic E-state index is 6.08. The number of anilines is 2. The summed E-state index contributed by atoms with van der Waals surface area (Å²) < 4.78 is 0. The lowest BCUT2D eigenvalue weighted by atomic mass is 9.67. The van der Waals surface area contributed by atoms with Gasteiger partial charge < -0.3 is 11.5 Å². The van der Waals surface area contributed by atoms with E-state index in [-0.39, 0.29) is 11.4 Å². The summed E-state index contributed by atoms with van der Waals surface area (Å²) in [5, 5.41) is 8.91. The highest BCUT2D eigenvalue weighted by molar-refractivity contribution is 6.30. The van der Waals surface area contributed by atoms with Crippen LogP contribution < -0.4 is 11.5 Å². The fourth-order valence-electron chi connectivity index (χ4n) is 3.28. The molecule has 110 valence electrons. The van der Waals surface area contributed by atoms with Crippen LogP contribution in [-0.2, 0) is 5.41 Å². The minimum absolute atomic E-state index is 0.110. The molecule has 1 aliphatic rings. The number of nitrogens with two attached hydrogens (primary N) is 2. The lowest BCUT2D eigenvalue weighted by molar-refractivity contribution is 0.336. The maximum absolute atomic E-state index is 6.08. The summed E-state index contributed by atoms with van der Waals surface area (Å²) >= 11 is 6.01. The molecule has 0 saturated heterocycles. The molecule has 0 radical (unpaired) electrons. The summed E-state index contributed by atoms with van der Waals surface area (Å²) in [6, 6.07) is 7.90. The van der Waals surface area contributed by atoms with Crippen LogP contribution in [0.15, 0.2) is 24.3 Å². The second kappa shape index (κ2) is 5.48. The smallest absolute Gasteiger partial charge is 0.242 e. The third kappa shape index (κ3) is 2.53. The molecule has 1 aromatic carbocycles. The molecule has 1 aliphatic carbocycles. The summed E-state index contributed by atoms with van der Waals surface area (Å²) in [5.74, 6) is 0.484. The molecular formula is C15H18ClN5. The molecule has 0 unspecified atom stereocenters. The Balaban J connectivity index is 2.14. The number of aromatic nitrogens is 3. The summed E-state index contributed by atoms with van der Waals surface area (Å²) in [7, 11) is 0. The number of hydrogen-bond donors (Lipinski definition) is 2. The van der Waals surface area contributed by atoms with Crippen LogP contribution in [-0.4, -0.2) is 15.2 Å². The molecule has 1 saturated carbocycles. The van der Waals surface area contributed by atoms with Gasteiger partial charge in [-0.1, -0.05) is 43.0 Å². The lowest BCUT2D eigenvalue weighted by Crippen LogP contribution is -2.33. The topological polar surface area (TPSA) is 90.7 Å². The number of benzene rings is 1. The molecular weight excluding hydrogens is 286 g/mol. The van der Waals surface area contributed by atoms with Gasteiger partial charge in [-0.25, -0.2) is 0 Å². The second-order valence-corrected chi connectivity index (χ2v) is 5.99. The first kappa shape index (κ1) is 14.1. The monoisotopic (exact) mass is 303 g/mol. The van der Waals surface area contributed by atoms with Crippen LogP contribution in [0.1, 0.15) is 43.4 Å². The van der Waals surface area contributed by atoms with Gasteiger partial charge in [0.1, 0.15) is 5.69 Å². The molecule has 2 aromatic rings. The van der Waals surface area contributed by atoms with E-state index in [0.29, 0.717) is 5.82 Å². The second-order valence-electron chi connectivity index (χ2n) is 5.55. The Hall–Kier alpha value is -1.88. The van der Waals surface area contributed by atoms with Gasteiger partial charge >= 0.3 is 0 Å². The highest BCUT2D eigenvalue weighted by Crippen LogP contribution is 2.45. The van der Waals surface area contributed by atoms with Crippen molar-refractivity contribution in [1.29, 1.82) is 0 Å². The highest BCUT2D eigenvalue weighted by atomic mass is 35.5. The van der Waals surface area contributed by atoms with Crippen LogP contribution in [0.3, 0.4) is 0 Å².